The van der Waals surface area contributed by atoms with Crippen molar-refractivity contribution in [2.24, 2.45) is 0 Å². The molecule has 0 spiro atoms. The van der Waals surface area contributed by atoms with Crippen LogP contribution in [-0.2, 0) is 20.8 Å². The Bertz CT molecular complexity index is 877. The van der Waals surface area contributed by atoms with Crippen LogP contribution in [0.3, 0.4) is 0 Å². The monoisotopic (exact) mass is 425 g/mol. The van der Waals surface area contributed by atoms with Crippen LogP contribution < -0.4 is 9.62 Å². The first kappa shape index (κ1) is 22.2. The largest absolute Gasteiger partial charge is 0.354 e. The molecule has 0 fully saturated rings. The van der Waals surface area contributed by atoms with Crippen LogP contribution in [-0.4, -0.2) is 51.6 Å². The zero-order valence-electron chi connectivity index (χ0n) is 15.8. The molecule has 0 atom stereocenters. The van der Waals surface area contributed by atoms with Crippen LogP contribution in [0.1, 0.15) is 5.56 Å². The summed E-state index contributed by atoms with van der Waals surface area (Å²) in [5.41, 5.74) is 1.03. The van der Waals surface area contributed by atoms with Gasteiger partial charge < -0.3 is 5.32 Å². The molecule has 0 aliphatic rings. The van der Waals surface area contributed by atoms with Crippen LogP contribution in [0.4, 0.5) is 10.1 Å². The van der Waals surface area contributed by atoms with Gasteiger partial charge in [-0.2, -0.15) is 24.5 Å². The summed E-state index contributed by atoms with van der Waals surface area (Å²) in [5, 5.41) is 2.72. The van der Waals surface area contributed by atoms with Gasteiger partial charge in [0, 0.05) is 32.1 Å². The second kappa shape index (κ2) is 10.4. The number of nitrogens with zero attached hydrogens (tertiary/aromatic N) is 2. The smallest absolute Gasteiger partial charge is 0.304 e. The fourth-order valence-electron chi connectivity index (χ4n) is 2.34. The van der Waals surface area contributed by atoms with Gasteiger partial charge in [0.15, 0.2) is 0 Å². The van der Waals surface area contributed by atoms with Gasteiger partial charge in [-0.25, -0.2) is 8.70 Å². The summed E-state index contributed by atoms with van der Waals surface area (Å²) in [4.78, 5) is 12.3. The second-order valence-electron chi connectivity index (χ2n) is 6.13. The summed E-state index contributed by atoms with van der Waals surface area (Å²) in [6, 6.07) is 15.0. The van der Waals surface area contributed by atoms with Crippen molar-refractivity contribution in [2.45, 2.75) is 5.75 Å². The Balaban J connectivity index is 1.87. The van der Waals surface area contributed by atoms with E-state index in [-0.39, 0.29) is 12.4 Å². The molecule has 9 heteroatoms. The maximum absolute atomic E-state index is 13.6. The maximum atomic E-state index is 13.6. The molecule has 1 N–H and O–H groups in total. The molecule has 2 aromatic rings. The predicted octanol–water partition coefficient (Wildman–Crippen LogP) is 2.49. The van der Waals surface area contributed by atoms with Crippen molar-refractivity contribution in [3.05, 3.63) is 66.0 Å². The highest BCUT2D eigenvalue weighted by molar-refractivity contribution is 7.98. The van der Waals surface area contributed by atoms with Crippen LogP contribution in [0.25, 0.3) is 0 Å². The molecule has 0 bridgehead atoms. The van der Waals surface area contributed by atoms with E-state index in [4.69, 9.17) is 0 Å². The first-order chi connectivity index (χ1) is 13.3. The zero-order valence-corrected chi connectivity index (χ0v) is 17.5. The van der Waals surface area contributed by atoms with Crippen molar-refractivity contribution in [3.8, 4) is 0 Å². The van der Waals surface area contributed by atoms with E-state index in [1.807, 2.05) is 0 Å². The van der Waals surface area contributed by atoms with Gasteiger partial charge in [-0.15, -0.1) is 0 Å². The number of hydrogen-bond acceptors (Lipinski definition) is 4. The molecule has 152 valence electrons. The topological polar surface area (TPSA) is 69.7 Å². The van der Waals surface area contributed by atoms with E-state index < -0.39 is 16.1 Å². The summed E-state index contributed by atoms with van der Waals surface area (Å²) in [6.07, 6.45) is 0. The molecule has 0 unspecified atom stereocenters. The van der Waals surface area contributed by atoms with E-state index in [1.165, 1.54) is 31.9 Å². The number of rotatable bonds is 10. The van der Waals surface area contributed by atoms with E-state index in [0.29, 0.717) is 29.3 Å². The van der Waals surface area contributed by atoms with E-state index in [0.717, 1.165) is 8.61 Å². The Morgan fingerprint density at radius 2 is 1.71 bits per heavy atom. The number of carbonyl (C=O) groups is 1. The minimum absolute atomic E-state index is 0.244. The molecule has 0 saturated carbocycles. The number of benzene rings is 2. The molecule has 0 aromatic heterocycles. The van der Waals surface area contributed by atoms with Gasteiger partial charge in [0.05, 0.1) is 5.69 Å². The number of halogens is 1. The highest BCUT2D eigenvalue weighted by Crippen LogP contribution is 2.18. The van der Waals surface area contributed by atoms with Crippen molar-refractivity contribution in [1.82, 2.24) is 9.62 Å². The third-order valence-corrected chi connectivity index (χ3v) is 6.68. The molecule has 0 aliphatic carbocycles. The molecule has 6 nitrogen and oxygen atoms in total. The van der Waals surface area contributed by atoms with Gasteiger partial charge in [0.25, 0.3) is 0 Å². The minimum atomic E-state index is -3.80. The highest BCUT2D eigenvalue weighted by Gasteiger charge is 2.26. The minimum Gasteiger partial charge on any atom is -0.354 e. The van der Waals surface area contributed by atoms with Crippen LogP contribution >= 0.6 is 11.8 Å². The Morgan fingerprint density at radius 1 is 1.07 bits per heavy atom. The summed E-state index contributed by atoms with van der Waals surface area (Å²) in [5.74, 6) is 0.451. The van der Waals surface area contributed by atoms with Crippen molar-refractivity contribution in [3.63, 3.8) is 0 Å². The molecule has 2 aromatic carbocycles. The number of amides is 1. The number of anilines is 1. The average molecular weight is 426 g/mol. The molecule has 2 rings (SSSR count). The zero-order chi connectivity index (χ0) is 20.6. The van der Waals surface area contributed by atoms with Crippen LogP contribution in [0, 0.1) is 5.82 Å². The lowest BCUT2D eigenvalue weighted by atomic mass is 10.2. The van der Waals surface area contributed by atoms with Gasteiger partial charge in [-0.1, -0.05) is 36.4 Å². The summed E-state index contributed by atoms with van der Waals surface area (Å²) < 4.78 is 40.8. The summed E-state index contributed by atoms with van der Waals surface area (Å²) >= 11 is 1.49. The van der Waals surface area contributed by atoms with Crippen molar-refractivity contribution in [2.75, 3.05) is 37.2 Å². The lowest BCUT2D eigenvalue weighted by molar-refractivity contribution is -0.119. The summed E-state index contributed by atoms with van der Waals surface area (Å²) in [6.45, 7) is 0.0467. The quantitative estimate of drug-likeness (QED) is 0.594. The Morgan fingerprint density at radius 3 is 2.36 bits per heavy atom. The highest BCUT2D eigenvalue weighted by atomic mass is 32.2. The molecular weight excluding hydrogens is 401 g/mol. The molecule has 0 aliphatic heterocycles. The summed E-state index contributed by atoms with van der Waals surface area (Å²) in [7, 11) is -0.966. The Labute approximate surface area is 169 Å². The Hall–Kier alpha value is -2.10. The van der Waals surface area contributed by atoms with Crippen molar-refractivity contribution >= 4 is 33.6 Å². The van der Waals surface area contributed by atoms with E-state index in [1.54, 1.807) is 48.5 Å². The fraction of sp³-hybridized carbons (Fsp3) is 0.316. The molecule has 1 amide bonds. The number of nitrogens with one attached hydrogen (secondary N) is 1. The molecule has 0 heterocycles. The third-order valence-electron chi connectivity index (χ3n) is 3.86. The number of thioether (sulfide) groups is 1. The third kappa shape index (κ3) is 6.22. The van der Waals surface area contributed by atoms with Gasteiger partial charge in [0.1, 0.15) is 12.4 Å². The van der Waals surface area contributed by atoms with Crippen molar-refractivity contribution in [1.29, 1.82) is 0 Å². The standard InChI is InChI=1S/C19H24FN3O3S2/c1-22(2)28(25,26)23(17-9-4-3-5-10-17)14-19(24)21-12-13-27-15-16-8-6-7-11-18(16)20/h3-11H,12-15H2,1-2H3,(H,21,24). The molecular formula is C19H24FN3O3S2. The average Bonchev–Trinajstić information content (AvgIpc) is 2.67. The van der Waals surface area contributed by atoms with Crippen LogP contribution in [0.15, 0.2) is 54.6 Å². The normalized spacial score (nSPS) is 11.4. The lowest BCUT2D eigenvalue weighted by Crippen LogP contribution is -2.46. The van der Waals surface area contributed by atoms with E-state index >= 15 is 0 Å². The molecule has 0 radical (unpaired) electrons. The van der Waals surface area contributed by atoms with Gasteiger partial charge >= 0.3 is 10.2 Å². The lowest BCUT2D eigenvalue weighted by Gasteiger charge is -2.26. The molecule has 0 saturated heterocycles. The van der Waals surface area contributed by atoms with E-state index in [9.17, 15) is 17.6 Å². The molecule has 28 heavy (non-hydrogen) atoms. The number of hydrogen-bond donors (Lipinski definition) is 1. The Kier molecular flexibility index (Phi) is 8.28. The first-order valence-electron chi connectivity index (χ1n) is 8.65. The maximum Gasteiger partial charge on any atom is 0.304 e. The predicted molar refractivity (Wildman–Crippen MR) is 112 cm³/mol. The SMILES string of the molecule is CN(C)S(=O)(=O)N(CC(=O)NCCSCc1ccccc1F)c1ccccc1. The number of carbonyl (C=O) groups excluding carboxylic acids is 1. The second-order valence-corrected chi connectivity index (χ2v) is 9.30. The van der Waals surface area contributed by atoms with Gasteiger partial charge in [-0.05, 0) is 23.8 Å². The van der Waals surface area contributed by atoms with Crippen LogP contribution in [0.2, 0.25) is 0 Å². The van der Waals surface area contributed by atoms with Gasteiger partial charge in [0.2, 0.25) is 5.91 Å². The number of para-hydroxylation sites is 1. The first-order valence-corrected chi connectivity index (χ1v) is 11.2. The van der Waals surface area contributed by atoms with Crippen molar-refractivity contribution < 1.29 is 17.6 Å². The fourth-order valence-corrected chi connectivity index (χ4v) is 4.25. The van der Waals surface area contributed by atoms with Crippen LogP contribution in [0.5, 0.6) is 0 Å². The van der Waals surface area contributed by atoms with E-state index in [2.05, 4.69) is 5.32 Å². The van der Waals surface area contributed by atoms with Gasteiger partial charge in [-0.3, -0.25) is 4.79 Å².